The van der Waals surface area contributed by atoms with Gasteiger partial charge in [-0.2, -0.15) is 0 Å². The highest BCUT2D eigenvalue weighted by atomic mass is 16.5. The maximum absolute atomic E-state index is 12.6. The molecule has 6 heteroatoms. The van der Waals surface area contributed by atoms with Crippen LogP contribution in [0.1, 0.15) is 5.56 Å². The van der Waals surface area contributed by atoms with E-state index in [0.29, 0.717) is 22.9 Å². The van der Waals surface area contributed by atoms with E-state index in [0.717, 1.165) is 27.2 Å². The lowest BCUT2D eigenvalue weighted by Crippen LogP contribution is -2.08. The first-order valence-corrected chi connectivity index (χ1v) is 9.70. The summed E-state index contributed by atoms with van der Waals surface area (Å²) in [5.74, 6) is 1.29. The van der Waals surface area contributed by atoms with Crippen LogP contribution in [-0.2, 0) is 4.79 Å². The van der Waals surface area contributed by atoms with Crippen molar-refractivity contribution in [2.24, 2.45) is 0 Å². The van der Waals surface area contributed by atoms with Crippen LogP contribution < -0.4 is 19.5 Å². The molecule has 6 nitrogen and oxygen atoms in total. The number of pyridine rings is 1. The van der Waals surface area contributed by atoms with Crippen LogP contribution in [0.4, 0.5) is 5.69 Å². The molecule has 1 N–H and O–H groups in total. The molecule has 0 spiro atoms. The number of nitrogens with one attached hydrogen (secondary N) is 1. The van der Waals surface area contributed by atoms with Gasteiger partial charge < -0.3 is 19.5 Å². The van der Waals surface area contributed by atoms with E-state index in [1.54, 1.807) is 51.8 Å². The van der Waals surface area contributed by atoms with Gasteiger partial charge in [0.1, 0.15) is 0 Å². The molecular weight excluding hydrogens is 392 g/mol. The molecule has 3 aromatic carbocycles. The lowest BCUT2D eigenvalue weighted by molar-refractivity contribution is -0.111. The molecule has 156 valence electrons. The summed E-state index contributed by atoms with van der Waals surface area (Å²) in [4.78, 5) is 17.1. The van der Waals surface area contributed by atoms with Crippen LogP contribution in [-0.4, -0.2) is 32.2 Å². The number of rotatable bonds is 6. The van der Waals surface area contributed by atoms with E-state index in [-0.39, 0.29) is 5.91 Å². The van der Waals surface area contributed by atoms with Gasteiger partial charge in [0.2, 0.25) is 11.7 Å². The Bertz CT molecular complexity index is 1270. The molecule has 1 heterocycles. The minimum absolute atomic E-state index is 0.255. The summed E-state index contributed by atoms with van der Waals surface area (Å²) in [6, 6.07) is 17.4. The molecule has 0 unspecified atom stereocenters. The zero-order valence-electron chi connectivity index (χ0n) is 17.5. The maximum atomic E-state index is 12.6. The zero-order chi connectivity index (χ0) is 21.8. The number of hydrogen-bond acceptors (Lipinski definition) is 5. The number of hydrogen-bond donors (Lipinski definition) is 1. The van der Waals surface area contributed by atoms with Gasteiger partial charge in [-0.3, -0.25) is 9.78 Å². The second-order valence-electron chi connectivity index (χ2n) is 6.82. The molecule has 4 rings (SSSR count). The Morgan fingerprint density at radius 2 is 1.65 bits per heavy atom. The Labute approximate surface area is 180 Å². The number of fused-ring (bicyclic) bond motifs is 3. The second-order valence-corrected chi connectivity index (χ2v) is 6.82. The van der Waals surface area contributed by atoms with Crippen molar-refractivity contribution in [3.8, 4) is 17.2 Å². The van der Waals surface area contributed by atoms with Crippen LogP contribution in [0.2, 0.25) is 0 Å². The summed E-state index contributed by atoms with van der Waals surface area (Å²) in [5.41, 5.74) is 2.30. The lowest BCUT2D eigenvalue weighted by Gasteiger charge is -2.12. The Hall–Kier alpha value is -4.06. The van der Waals surface area contributed by atoms with Crippen molar-refractivity contribution >= 4 is 39.3 Å². The number of anilines is 1. The highest BCUT2D eigenvalue weighted by Gasteiger charge is 2.12. The fourth-order valence-electron chi connectivity index (χ4n) is 3.54. The Kier molecular flexibility index (Phi) is 5.71. The Balaban J connectivity index is 1.61. The molecular formula is C25H22N2O4. The Morgan fingerprint density at radius 3 is 2.35 bits per heavy atom. The van der Waals surface area contributed by atoms with Gasteiger partial charge >= 0.3 is 0 Å². The normalized spacial score (nSPS) is 11.1. The summed E-state index contributed by atoms with van der Waals surface area (Å²) < 4.78 is 16.0. The summed E-state index contributed by atoms with van der Waals surface area (Å²) >= 11 is 0. The average molecular weight is 414 g/mol. The fourth-order valence-corrected chi connectivity index (χ4v) is 3.54. The number of methoxy groups -OCH3 is 3. The molecule has 4 aromatic rings. The number of aromatic nitrogens is 1. The van der Waals surface area contributed by atoms with E-state index in [2.05, 4.69) is 10.3 Å². The third kappa shape index (κ3) is 4.00. The second kappa shape index (κ2) is 8.75. The molecule has 0 aliphatic rings. The first-order chi connectivity index (χ1) is 15.1. The van der Waals surface area contributed by atoms with Gasteiger partial charge in [0.05, 0.1) is 32.5 Å². The van der Waals surface area contributed by atoms with Crippen molar-refractivity contribution in [1.82, 2.24) is 4.98 Å². The fraction of sp³-hybridized carbons (Fsp3) is 0.120. The Morgan fingerprint density at radius 1 is 0.903 bits per heavy atom. The number of carbonyl (C=O) groups excluding carboxylic acids is 1. The van der Waals surface area contributed by atoms with E-state index in [4.69, 9.17) is 14.2 Å². The number of ether oxygens (including phenoxy) is 3. The van der Waals surface area contributed by atoms with E-state index < -0.39 is 0 Å². The summed E-state index contributed by atoms with van der Waals surface area (Å²) in [7, 11) is 4.65. The monoisotopic (exact) mass is 414 g/mol. The van der Waals surface area contributed by atoms with Crippen LogP contribution in [0.25, 0.3) is 27.8 Å². The SMILES string of the molecule is COc1cc(/C=C/C(=O)Nc2ccnc3c2ccc2ccccc23)cc(OC)c1OC. The van der Waals surface area contributed by atoms with E-state index in [1.807, 2.05) is 36.4 Å². The molecule has 0 saturated carbocycles. The largest absolute Gasteiger partial charge is 0.493 e. The smallest absolute Gasteiger partial charge is 0.248 e. The number of carbonyl (C=O) groups is 1. The van der Waals surface area contributed by atoms with Crippen LogP contribution in [0.15, 0.2) is 66.9 Å². The topological polar surface area (TPSA) is 69.7 Å². The van der Waals surface area contributed by atoms with Crippen molar-refractivity contribution < 1.29 is 19.0 Å². The number of nitrogens with zero attached hydrogens (tertiary/aromatic N) is 1. The summed E-state index contributed by atoms with van der Waals surface area (Å²) in [6.07, 6.45) is 4.86. The molecule has 0 fully saturated rings. The van der Waals surface area contributed by atoms with Gasteiger partial charge in [0, 0.05) is 23.0 Å². The summed E-state index contributed by atoms with van der Waals surface area (Å²) in [5, 5.41) is 5.98. The molecule has 0 atom stereocenters. The molecule has 31 heavy (non-hydrogen) atoms. The van der Waals surface area contributed by atoms with E-state index in [9.17, 15) is 4.79 Å². The van der Waals surface area contributed by atoms with Gasteiger partial charge in [-0.15, -0.1) is 0 Å². The van der Waals surface area contributed by atoms with Crippen molar-refractivity contribution in [2.45, 2.75) is 0 Å². The maximum Gasteiger partial charge on any atom is 0.248 e. The summed E-state index contributed by atoms with van der Waals surface area (Å²) in [6.45, 7) is 0. The van der Waals surface area contributed by atoms with Gasteiger partial charge in [0.25, 0.3) is 0 Å². The standard InChI is InChI=1S/C25H22N2O4/c1-29-21-14-16(15-22(30-2)25(21)31-3)8-11-23(28)27-20-12-13-26-24-18-7-5-4-6-17(18)9-10-19(20)24/h4-15H,1-3H3,(H,26,27,28)/b11-8+. The predicted molar refractivity (Wildman–Crippen MR) is 123 cm³/mol. The van der Waals surface area contributed by atoms with Crippen molar-refractivity contribution in [1.29, 1.82) is 0 Å². The molecule has 0 bridgehead atoms. The van der Waals surface area contributed by atoms with Crippen molar-refractivity contribution in [3.63, 3.8) is 0 Å². The quantitative estimate of drug-likeness (QED) is 0.353. The van der Waals surface area contributed by atoms with Crippen LogP contribution in [0.3, 0.4) is 0 Å². The van der Waals surface area contributed by atoms with Gasteiger partial charge in [-0.1, -0.05) is 36.4 Å². The zero-order valence-corrected chi connectivity index (χ0v) is 17.5. The molecule has 0 aliphatic carbocycles. The molecule has 0 saturated heterocycles. The van der Waals surface area contributed by atoms with Crippen molar-refractivity contribution in [2.75, 3.05) is 26.6 Å². The van der Waals surface area contributed by atoms with Crippen LogP contribution >= 0.6 is 0 Å². The molecule has 1 aromatic heterocycles. The minimum atomic E-state index is -0.255. The first-order valence-electron chi connectivity index (χ1n) is 9.70. The minimum Gasteiger partial charge on any atom is -0.493 e. The molecule has 1 amide bonds. The van der Waals surface area contributed by atoms with Crippen LogP contribution in [0, 0.1) is 0 Å². The first kappa shape index (κ1) is 20.2. The third-order valence-corrected chi connectivity index (χ3v) is 5.01. The van der Waals surface area contributed by atoms with Crippen LogP contribution in [0.5, 0.6) is 17.2 Å². The van der Waals surface area contributed by atoms with Gasteiger partial charge in [-0.05, 0) is 35.2 Å². The van der Waals surface area contributed by atoms with Crippen molar-refractivity contribution in [3.05, 3.63) is 72.4 Å². The average Bonchev–Trinajstić information content (AvgIpc) is 2.82. The van der Waals surface area contributed by atoms with Gasteiger partial charge in [0.15, 0.2) is 11.5 Å². The number of amides is 1. The van der Waals surface area contributed by atoms with Gasteiger partial charge in [-0.25, -0.2) is 0 Å². The molecule has 0 radical (unpaired) electrons. The highest BCUT2D eigenvalue weighted by Crippen LogP contribution is 2.38. The third-order valence-electron chi connectivity index (χ3n) is 5.01. The number of benzene rings is 3. The van der Waals surface area contributed by atoms with E-state index >= 15 is 0 Å². The molecule has 0 aliphatic heterocycles. The van der Waals surface area contributed by atoms with E-state index in [1.165, 1.54) is 6.08 Å². The highest BCUT2D eigenvalue weighted by molar-refractivity contribution is 6.13. The lowest BCUT2D eigenvalue weighted by atomic mass is 10.1. The predicted octanol–water partition coefficient (Wildman–Crippen LogP) is 5.07.